The van der Waals surface area contributed by atoms with Crippen LogP contribution in [0, 0.1) is 6.92 Å². The van der Waals surface area contributed by atoms with Gasteiger partial charge in [0.05, 0.1) is 0 Å². The molecule has 2 aromatic rings. The first kappa shape index (κ1) is 19.8. The maximum absolute atomic E-state index is 5.77. The molecule has 3 rings (SSSR count). The fraction of sp³-hybridized carbons (Fsp3) is 0.571. The van der Waals surface area contributed by atoms with E-state index >= 15 is 0 Å². The second-order valence-corrected chi connectivity index (χ2v) is 8.38. The molecule has 0 spiro atoms. The molecular formula is C21H30N4OS. The van der Waals surface area contributed by atoms with Crippen LogP contribution in [0.25, 0.3) is 0 Å². The Morgan fingerprint density at radius 2 is 1.74 bits per heavy atom. The second kappa shape index (κ2) is 8.38. The van der Waals surface area contributed by atoms with Crippen molar-refractivity contribution >= 4 is 23.0 Å². The Labute approximate surface area is 167 Å². The molecule has 1 aromatic heterocycles. The molecule has 6 heteroatoms. The molecule has 146 valence electrons. The number of hydrogen-bond donors (Lipinski definition) is 1. The average molecular weight is 387 g/mol. The Balaban J connectivity index is 1.70. The van der Waals surface area contributed by atoms with Crippen molar-refractivity contribution in [3.05, 3.63) is 41.0 Å². The quantitative estimate of drug-likeness (QED) is 0.729. The van der Waals surface area contributed by atoms with E-state index in [1.807, 2.05) is 6.92 Å². The van der Waals surface area contributed by atoms with Gasteiger partial charge in [0.15, 0.2) is 10.9 Å². The second-order valence-electron chi connectivity index (χ2n) is 7.99. The molecule has 1 aliphatic rings. The normalized spacial score (nSPS) is 15.6. The molecule has 0 unspecified atom stereocenters. The molecule has 27 heavy (non-hydrogen) atoms. The maximum Gasteiger partial charge on any atom is 0.229 e. The number of thiocarbonyl (C=S) groups is 1. The number of aryl methyl sites for hydroxylation is 1. The number of benzene rings is 1. The summed E-state index contributed by atoms with van der Waals surface area (Å²) in [6, 6.07) is 6.55. The van der Waals surface area contributed by atoms with Crippen molar-refractivity contribution in [1.82, 2.24) is 15.0 Å². The standard InChI is InChI=1S/C21H30N4OS/c1-13(2)17-7-6-8-18(14(3)4)19(17)23-21(27)25-11-9-16(10-12-25)20-22-15(5)24-26-20/h6-8,13-14,16H,9-12H2,1-5H3,(H,23,27). The summed E-state index contributed by atoms with van der Waals surface area (Å²) in [5, 5.41) is 8.30. The Bertz CT molecular complexity index is 765. The summed E-state index contributed by atoms with van der Waals surface area (Å²) in [5.74, 6) is 2.69. The first-order chi connectivity index (χ1) is 12.9. The third-order valence-corrected chi connectivity index (χ3v) is 5.64. The molecule has 1 saturated heterocycles. The van der Waals surface area contributed by atoms with Crippen molar-refractivity contribution in [2.24, 2.45) is 0 Å². The van der Waals surface area contributed by atoms with Gasteiger partial charge in [-0.15, -0.1) is 0 Å². The average Bonchev–Trinajstić information content (AvgIpc) is 3.08. The fourth-order valence-electron chi connectivity index (χ4n) is 3.69. The van der Waals surface area contributed by atoms with Crippen LogP contribution in [0.2, 0.25) is 0 Å². The molecule has 1 aromatic carbocycles. The molecule has 2 heterocycles. The summed E-state index contributed by atoms with van der Waals surface area (Å²) < 4.78 is 5.35. The van der Waals surface area contributed by atoms with Gasteiger partial charge in [-0.05, 0) is 54.9 Å². The molecule has 0 radical (unpaired) electrons. The van der Waals surface area contributed by atoms with E-state index in [1.165, 1.54) is 16.8 Å². The van der Waals surface area contributed by atoms with Crippen molar-refractivity contribution in [2.75, 3.05) is 18.4 Å². The van der Waals surface area contributed by atoms with Crippen LogP contribution in [0.5, 0.6) is 0 Å². The monoisotopic (exact) mass is 386 g/mol. The zero-order chi connectivity index (χ0) is 19.6. The van der Waals surface area contributed by atoms with E-state index in [-0.39, 0.29) is 0 Å². The van der Waals surface area contributed by atoms with E-state index in [0.29, 0.717) is 23.6 Å². The lowest BCUT2D eigenvalue weighted by Crippen LogP contribution is -2.40. The number of aromatic nitrogens is 2. The zero-order valence-corrected chi connectivity index (χ0v) is 17.8. The lowest BCUT2D eigenvalue weighted by Gasteiger charge is -2.33. The van der Waals surface area contributed by atoms with E-state index in [4.69, 9.17) is 16.7 Å². The maximum atomic E-state index is 5.77. The molecule has 1 N–H and O–H groups in total. The van der Waals surface area contributed by atoms with E-state index in [9.17, 15) is 0 Å². The highest BCUT2D eigenvalue weighted by atomic mass is 32.1. The number of rotatable bonds is 4. The van der Waals surface area contributed by atoms with Crippen LogP contribution < -0.4 is 5.32 Å². The highest BCUT2D eigenvalue weighted by Gasteiger charge is 2.26. The van der Waals surface area contributed by atoms with Gasteiger partial charge < -0.3 is 14.7 Å². The Morgan fingerprint density at radius 3 is 2.22 bits per heavy atom. The van der Waals surface area contributed by atoms with Crippen LogP contribution in [0.3, 0.4) is 0 Å². The highest BCUT2D eigenvalue weighted by Crippen LogP contribution is 2.33. The smallest absolute Gasteiger partial charge is 0.229 e. The number of nitrogens with one attached hydrogen (secondary N) is 1. The largest absolute Gasteiger partial charge is 0.349 e. The van der Waals surface area contributed by atoms with Gasteiger partial charge in [0.2, 0.25) is 5.89 Å². The summed E-state index contributed by atoms with van der Waals surface area (Å²) in [5.41, 5.74) is 3.82. The molecule has 5 nitrogen and oxygen atoms in total. The minimum absolute atomic E-state index is 0.333. The Kier molecular flexibility index (Phi) is 6.15. The number of para-hydroxylation sites is 1. The summed E-state index contributed by atoms with van der Waals surface area (Å²) in [4.78, 5) is 6.65. The summed E-state index contributed by atoms with van der Waals surface area (Å²) in [7, 11) is 0. The minimum Gasteiger partial charge on any atom is -0.349 e. The van der Waals surface area contributed by atoms with E-state index in [2.05, 4.69) is 66.3 Å². The van der Waals surface area contributed by atoms with Crippen LogP contribution in [-0.4, -0.2) is 33.2 Å². The molecule has 0 atom stereocenters. The van der Waals surface area contributed by atoms with E-state index in [0.717, 1.165) is 36.9 Å². The van der Waals surface area contributed by atoms with Gasteiger partial charge in [-0.3, -0.25) is 0 Å². The topological polar surface area (TPSA) is 54.2 Å². The molecule has 0 aliphatic carbocycles. The highest BCUT2D eigenvalue weighted by molar-refractivity contribution is 7.80. The molecule has 1 aliphatic heterocycles. The Hall–Kier alpha value is -1.95. The van der Waals surface area contributed by atoms with Crippen molar-refractivity contribution in [3.63, 3.8) is 0 Å². The summed E-state index contributed by atoms with van der Waals surface area (Å²) in [6.07, 6.45) is 1.96. The van der Waals surface area contributed by atoms with Gasteiger partial charge in [0.1, 0.15) is 0 Å². The minimum atomic E-state index is 0.333. The van der Waals surface area contributed by atoms with Gasteiger partial charge in [0.25, 0.3) is 0 Å². The summed E-state index contributed by atoms with van der Waals surface area (Å²) >= 11 is 5.77. The van der Waals surface area contributed by atoms with Gasteiger partial charge in [-0.25, -0.2) is 0 Å². The first-order valence-electron chi connectivity index (χ1n) is 9.85. The van der Waals surface area contributed by atoms with Gasteiger partial charge >= 0.3 is 0 Å². The predicted molar refractivity (Wildman–Crippen MR) is 113 cm³/mol. The molecule has 1 fully saturated rings. The molecule has 0 bridgehead atoms. The molecule has 0 saturated carbocycles. The zero-order valence-electron chi connectivity index (χ0n) is 17.0. The lowest BCUT2D eigenvalue weighted by molar-refractivity contribution is 0.267. The first-order valence-corrected chi connectivity index (χ1v) is 10.3. The van der Waals surface area contributed by atoms with Crippen molar-refractivity contribution in [1.29, 1.82) is 0 Å². The van der Waals surface area contributed by atoms with E-state index in [1.54, 1.807) is 0 Å². The lowest BCUT2D eigenvalue weighted by atomic mass is 9.92. The predicted octanol–water partition coefficient (Wildman–Crippen LogP) is 5.20. The van der Waals surface area contributed by atoms with Crippen LogP contribution in [0.1, 0.15) is 81.1 Å². The van der Waals surface area contributed by atoms with Gasteiger partial charge in [0, 0.05) is 24.7 Å². The van der Waals surface area contributed by atoms with Gasteiger partial charge in [-0.2, -0.15) is 4.98 Å². The van der Waals surface area contributed by atoms with Crippen molar-refractivity contribution in [2.45, 2.75) is 65.2 Å². The van der Waals surface area contributed by atoms with Crippen LogP contribution in [0.15, 0.2) is 22.7 Å². The fourth-order valence-corrected chi connectivity index (χ4v) is 3.97. The van der Waals surface area contributed by atoms with Crippen LogP contribution in [-0.2, 0) is 0 Å². The number of piperidine rings is 1. The molecular weight excluding hydrogens is 356 g/mol. The SMILES string of the molecule is Cc1noc(C2CCN(C(=S)Nc3c(C(C)C)cccc3C(C)C)CC2)n1. The van der Waals surface area contributed by atoms with Crippen LogP contribution in [0.4, 0.5) is 5.69 Å². The van der Waals surface area contributed by atoms with Crippen molar-refractivity contribution < 1.29 is 4.52 Å². The van der Waals surface area contributed by atoms with E-state index < -0.39 is 0 Å². The van der Waals surface area contributed by atoms with Gasteiger partial charge in [-0.1, -0.05) is 51.1 Å². The number of likely N-dealkylation sites (tertiary alicyclic amines) is 1. The van der Waals surface area contributed by atoms with Crippen molar-refractivity contribution in [3.8, 4) is 0 Å². The third-order valence-electron chi connectivity index (χ3n) is 5.28. The molecule has 0 amide bonds. The number of nitrogens with zero attached hydrogens (tertiary/aromatic N) is 3. The summed E-state index contributed by atoms with van der Waals surface area (Å²) in [6.45, 7) is 12.6. The number of anilines is 1. The van der Waals surface area contributed by atoms with Crippen LogP contribution >= 0.6 is 12.2 Å². The number of hydrogen-bond acceptors (Lipinski definition) is 4. The Morgan fingerprint density at radius 1 is 1.15 bits per heavy atom. The third kappa shape index (κ3) is 4.49.